The minimum absolute atomic E-state index is 0.194. The molecule has 1 aromatic carbocycles. The lowest BCUT2D eigenvalue weighted by molar-refractivity contribution is 0.0543. The first-order valence-electron chi connectivity index (χ1n) is 8.28. The molecular weight excluding hydrogens is 343 g/mol. The topological polar surface area (TPSA) is 80.4 Å². The molecule has 8 nitrogen and oxygen atoms in total. The van der Waals surface area contributed by atoms with Gasteiger partial charge in [-0.25, -0.2) is 9.18 Å². The molecule has 0 atom stereocenters. The highest BCUT2D eigenvalue weighted by molar-refractivity contribution is 5.50. The van der Waals surface area contributed by atoms with Gasteiger partial charge >= 0.3 is 5.69 Å². The normalized spacial score (nSPS) is 11.8. The fraction of sp³-hybridized carbons (Fsp3) is 0.588. The van der Waals surface area contributed by atoms with Crippen LogP contribution in [0, 0.1) is 5.82 Å². The van der Waals surface area contributed by atoms with Crippen LogP contribution in [-0.4, -0.2) is 53.3 Å². The van der Waals surface area contributed by atoms with Gasteiger partial charge in [-0.1, -0.05) is 20.8 Å². The van der Waals surface area contributed by atoms with Crippen molar-refractivity contribution in [2.45, 2.75) is 26.2 Å². The summed E-state index contributed by atoms with van der Waals surface area (Å²) < 4.78 is 32.6. The molecule has 0 N–H and O–H groups in total. The van der Waals surface area contributed by atoms with E-state index in [2.05, 4.69) is 10.4 Å². The van der Waals surface area contributed by atoms with Gasteiger partial charge in [0.05, 0.1) is 19.8 Å². The molecule has 0 aliphatic heterocycles. The van der Waals surface area contributed by atoms with E-state index in [9.17, 15) is 9.18 Å². The van der Waals surface area contributed by atoms with Crippen molar-refractivity contribution in [2.24, 2.45) is 7.05 Å². The van der Waals surface area contributed by atoms with Crippen molar-refractivity contribution >= 4 is 0 Å². The number of ether oxygens (including phenoxy) is 3. The zero-order valence-corrected chi connectivity index (χ0v) is 15.8. The number of methoxy groups -OCH3 is 1. The number of benzene rings is 1. The van der Waals surface area contributed by atoms with Gasteiger partial charge in [-0.15, -0.1) is 0 Å². The van der Waals surface area contributed by atoms with Crippen molar-refractivity contribution in [3.05, 3.63) is 34.0 Å². The van der Waals surface area contributed by atoms with Gasteiger partial charge in [0.15, 0.2) is 0 Å². The van der Waals surface area contributed by atoms with Crippen molar-refractivity contribution in [3.63, 3.8) is 0 Å². The largest absolute Gasteiger partial charge is 0.489 e. The van der Waals surface area contributed by atoms with Crippen LogP contribution in [0.2, 0.25) is 0 Å². The second kappa shape index (κ2) is 8.41. The first-order valence-corrected chi connectivity index (χ1v) is 8.28. The van der Waals surface area contributed by atoms with Crippen LogP contribution < -0.4 is 10.4 Å². The molecule has 0 saturated carbocycles. The maximum absolute atomic E-state index is 14.6. The first-order chi connectivity index (χ1) is 12.3. The SMILES string of the molecule is COCCOCCOc1cc(F)c(C(C)(C)C)cc1-n1nnn(C)c1=O. The lowest BCUT2D eigenvalue weighted by Crippen LogP contribution is -2.24. The molecule has 1 heterocycles. The number of tetrazole rings is 1. The van der Waals surface area contributed by atoms with Crippen molar-refractivity contribution in [1.82, 2.24) is 19.8 Å². The average molecular weight is 368 g/mol. The fourth-order valence-electron chi connectivity index (χ4n) is 2.32. The van der Waals surface area contributed by atoms with Crippen molar-refractivity contribution < 1.29 is 18.6 Å². The zero-order valence-electron chi connectivity index (χ0n) is 15.8. The van der Waals surface area contributed by atoms with Gasteiger partial charge in [0.2, 0.25) is 0 Å². The third-order valence-corrected chi connectivity index (χ3v) is 3.72. The standard InChI is InChI=1S/C17H25FN4O4/c1-17(2,3)12-10-14(22-16(23)21(4)19-20-22)15(11-13(12)18)26-9-8-25-7-6-24-5/h10-11H,6-9H2,1-5H3. The van der Waals surface area contributed by atoms with Crippen LogP contribution in [-0.2, 0) is 21.9 Å². The summed E-state index contributed by atoms with van der Waals surface area (Å²) in [6.07, 6.45) is 0. The highest BCUT2D eigenvalue weighted by Crippen LogP contribution is 2.32. The second-order valence-electron chi connectivity index (χ2n) is 6.80. The Hall–Kier alpha value is -2.26. The number of rotatable bonds is 8. The smallest absolute Gasteiger partial charge is 0.368 e. The summed E-state index contributed by atoms with van der Waals surface area (Å²) in [5.74, 6) is -0.207. The molecule has 0 aliphatic carbocycles. The number of aryl methyl sites for hydroxylation is 1. The molecule has 0 fully saturated rings. The number of hydrogen-bond acceptors (Lipinski definition) is 6. The molecule has 0 saturated heterocycles. The van der Waals surface area contributed by atoms with Crippen LogP contribution in [0.5, 0.6) is 5.75 Å². The molecular formula is C17H25FN4O4. The average Bonchev–Trinajstić information content (AvgIpc) is 2.89. The summed E-state index contributed by atoms with van der Waals surface area (Å²) in [6.45, 7) is 7.08. The summed E-state index contributed by atoms with van der Waals surface area (Å²) in [6, 6.07) is 2.85. The highest BCUT2D eigenvalue weighted by Gasteiger charge is 2.23. The Morgan fingerprint density at radius 3 is 2.38 bits per heavy atom. The van der Waals surface area contributed by atoms with Gasteiger partial charge in [-0.3, -0.25) is 0 Å². The maximum atomic E-state index is 14.6. The predicted octanol–water partition coefficient (Wildman–Crippen LogP) is 1.44. The Morgan fingerprint density at radius 1 is 1.12 bits per heavy atom. The summed E-state index contributed by atoms with van der Waals surface area (Å²) in [4.78, 5) is 12.2. The molecule has 9 heteroatoms. The van der Waals surface area contributed by atoms with E-state index in [0.29, 0.717) is 31.1 Å². The quantitative estimate of drug-likeness (QED) is 0.656. The third kappa shape index (κ3) is 4.67. The van der Waals surface area contributed by atoms with E-state index in [4.69, 9.17) is 14.2 Å². The van der Waals surface area contributed by atoms with E-state index in [1.54, 1.807) is 13.2 Å². The Bertz CT molecular complexity index is 795. The summed E-state index contributed by atoms with van der Waals surface area (Å²) in [7, 11) is 3.08. The lowest BCUT2D eigenvalue weighted by Gasteiger charge is -2.22. The molecule has 0 amide bonds. The fourth-order valence-corrected chi connectivity index (χ4v) is 2.32. The molecule has 0 spiro atoms. The van der Waals surface area contributed by atoms with Crippen molar-refractivity contribution in [2.75, 3.05) is 33.5 Å². The molecule has 0 unspecified atom stereocenters. The van der Waals surface area contributed by atoms with Crippen LogP contribution in [0.3, 0.4) is 0 Å². The maximum Gasteiger partial charge on any atom is 0.368 e. The van der Waals surface area contributed by atoms with Gasteiger partial charge in [0.1, 0.15) is 23.9 Å². The molecule has 26 heavy (non-hydrogen) atoms. The van der Waals surface area contributed by atoms with Crippen LogP contribution in [0.25, 0.3) is 5.69 Å². The first kappa shape index (κ1) is 20.1. The predicted molar refractivity (Wildman–Crippen MR) is 93.4 cm³/mol. The van der Waals surface area contributed by atoms with Gasteiger partial charge < -0.3 is 14.2 Å². The van der Waals surface area contributed by atoms with E-state index in [0.717, 1.165) is 9.36 Å². The van der Waals surface area contributed by atoms with Gasteiger partial charge in [0, 0.05) is 20.2 Å². The van der Waals surface area contributed by atoms with E-state index in [1.165, 1.54) is 13.1 Å². The van der Waals surface area contributed by atoms with Crippen molar-refractivity contribution in [3.8, 4) is 11.4 Å². The minimum atomic E-state index is -0.452. The van der Waals surface area contributed by atoms with Crippen LogP contribution in [0.4, 0.5) is 4.39 Å². The van der Waals surface area contributed by atoms with E-state index in [1.807, 2.05) is 20.8 Å². The van der Waals surface area contributed by atoms with E-state index >= 15 is 0 Å². The third-order valence-electron chi connectivity index (χ3n) is 3.72. The van der Waals surface area contributed by atoms with Crippen LogP contribution in [0.1, 0.15) is 26.3 Å². The van der Waals surface area contributed by atoms with E-state index < -0.39 is 16.9 Å². The van der Waals surface area contributed by atoms with Crippen LogP contribution >= 0.6 is 0 Å². The minimum Gasteiger partial charge on any atom is -0.489 e. The molecule has 0 bridgehead atoms. The van der Waals surface area contributed by atoms with E-state index in [-0.39, 0.29) is 12.4 Å². The molecule has 0 radical (unpaired) electrons. The number of nitrogens with zero attached hydrogens (tertiary/aromatic N) is 4. The van der Waals surface area contributed by atoms with Crippen molar-refractivity contribution in [1.29, 1.82) is 0 Å². The molecule has 144 valence electrons. The second-order valence-corrected chi connectivity index (χ2v) is 6.80. The molecule has 1 aromatic heterocycles. The Balaban J connectivity index is 2.32. The summed E-state index contributed by atoms with van der Waals surface area (Å²) >= 11 is 0. The van der Waals surface area contributed by atoms with Gasteiger partial charge in [-0.2, -0.15) is 9.36 Å². The summed E-state index contributed by atoms with van der Waals surface area (Å²) in [5.41, 5.74) is -0.107. The Kier molecular flexibility index (Phi) is 6.49. The Morgan fingerprint density at radius 2 is 1.81 bits per heavy atom. The Labute approximate surface area is 151 Å². The molecule has 2 rings (SSSR count). The highest BCUT2D eigenvalue weighted by atomic mass is 19.1. The van der Waals surface area contributed by atoms with Gasteiger partial charge in [-0.05, 0) is 27.5 Å². The summed E-state index contributed by atoms with van der Waals surface area (Å²) in [5, 5.41) is 7.54. The lowest BCUT2D eigenvalue weighted by atomic mass is 9.86. The van der Waals surface area contributed by atoms with Gasteiger partial charge in [0.25, 0.3) is 0 Å². The van der Waals surface area contributed by atoms with Crippen LogP contribution in [0.15, 0.2) is 16.9 Å². The zero-order chi connectivity index (χ0) is 19.3. The molecule has 2 aromatic rings. The number of hydrogen-bond donors (Lipinski definition) is 0. The molecule has 0 aliphatic rings. The monoisotopic (exact) mass is 368 g/mol. The number of aromatic nitrogens is 4. The number of halogens is 1.